The predicted molar refractivity (Wildman–Crippen MR) is 117 cm³/mol. The number of carbonyl (C=O) groups is 2. The third-order valence-corrected chi connectivity index (χ3v) is 5.06. The molecular weight excluding hydrogens is 412 g/mol. The van der Waals surface area contributed by atoms with Gasteiger partial charge in [0.2, 0.25) is 0 Å². The summed E-state index contributed by atoms with van der Waals surface area (Å²) in [4.78, 5) is 27.9. The Balaban J connectivity index is 1.81. The molecule has 164 valence electrons. The first-order valence-electron chi connectivity index (χ1n) is 9.82. The second kappa shape index (κ2) is 8.89. The molecule has 1 aromatic heterocycles. The molecule has 0 unspecified atom stereocenters. The summed E-state index contributed by atoms with van der Waals surface area (Å²) in [6.07, 6.45) is 1.50. The van der Waals surface area contributed by atoms with Gasteiger partial charge in [-0.15, -0.1) is 0 Å². The normalized spacial score (nSPS) is 13.5. The Bertz CT molecular complexity index is 1160. The van der Waals surface area contributed by atoms with Gasteiger partial charge in [0.25, 0.3) is 11.8 Å². The van der Waals surface area contributed by atoms with Crippen LogP contribution < -0.4 is 19.5 Å². The van der Waals surface area contributed by atoms with Gasteiger partial charge in [0.1, 0.15) is 28.7 Å². The molecule has 0 bridgehead atoms. The molecule has 8 nitrogen and oxygen atoms in total. The Morgan fingerprint density at radius 3 is 2.22 bits per heavy atom. The summed E-state index contributed by atoms with van der Waals surface area (Å²) in [5.41, 5.74) is 1.37. The Morgan fingerprint density at radius 2 is 1.59 bits per heavy atom. The van der Waals surface area contributed by atoms with Crippen LogP contribution in [0.1, 0.15) is 11.3 Å². The number of hydrogen-bond donors (Lipinski definition) is 1. The van der Waals surface area contributed by atoms with E-state index in [1.54, 1.807) is 54.6 Å². The van der Waals surface area contributed by atoms with Gasteiger partial charge in [-0.05, 0) is 18.2 Å². The zero-order valence-corrected chi connectivity index (χ0v) is 17.9. The first kappa shape index (κ1) is 21.0. The number of para-hydroxylation sites is 1. The highest BCUT2D eigenvalue weighted by Crippen LogP contribution is 2.37. The van der Waals surface area contributed by atoms with Crippen LogP contribution in [0, 0.1) is 0 Å². The molecule has 8 heteroatoms. The molecule has 2 amide bonds. The average molecular weight is 434 g/mol. The summed E-state index contributed by atoms with van der Waals surface area (Å²) in [6.45, 7) is 0.00985. The molecule has 32 heavy (non-hydrogen) atoms. The van der Waals surface area contributed by atoms with E-state index in [-0.39, 0.29) is 17.8 Å². The number of nitrogens with one attached hydrogen (secondary N) is 1. The molecule has 0 spiro atoms. The second-order valence-corrected chi connectivity index (χ2v) is 6.95. The van der Waals surface area contributed by atoms with Gasteiger partial charge in [0.15, 0.2) is 0 Å². The lowest BCUT2D eigenvalue weighted by molar-refractivity contribution is -0.137. The lowest BCUT2D eigenvalue weighted by Gasteiger charge is -2.14. The number of ether oxygens (including phenoxy) is 3. The molecule has 0 atom stereocenters. The number of amides is 2. The van der Waals surface area contributed by atoms with Crippen molar-refractivity contribution in [2.45, 2.75) is 6.54 Å². The maximum Gasteiger partial charge on any atom is 0.278 e. The number of benzene rings is 2. The number of anilines is 1. The van der Waals surface area contributed by atoms with Crippen molar-refractivity contribution in [2.24, 2.45) is 0 Å². The number of furan rings is 1. The number of nitrogens with zero attached hydrogens (tertiary/aromatic N) is 1. The summed E-state index contributed by atoms with van der Waals surface area (Å²) in [5, 5.41) is 3.10. The van der Waals surface area contributed by atoms with Crippen LogP contribution >= 0.6 is 0 Å². The quantitative estimate of drug-likeness (QED) is 0.541. The average Bonchev–Trinajstić information content (AvgIpc) is 3.41. The van der Waals surface area contributed by atoms with Crippen molar-refractivity contribution < 1.29 is 28.2 Å². The zero-order chi connectivity index (χ0) is 22.7. The minimum atomic E-state index is -0.478. The molecule has 1 aliphatic heterocycles. The highest BCUT2D eigenvalue weighted by molar-refractivity contribution is 6.36. The first-order valence-corrected chi connectivity index (χ1v) is 9.82. The van der Waals surface area contributed by atoms with E-state index in [4.69, 9.17) is 18.6 Å². The topological polar surface area (TPSA) is 90.2 Å². The molecule has 0 fully saturated rings. The van der Waals surface area contributed by atoms with E-state index in [1.807, 2.05) is 0 Å². The van der Waals surface area contributed by atoms with Gasteiger partial charge in [0, 0.05) is 29.4 Å². The fourth-order valence-electron chi connectivity index (χ4n) is 3.52. The van der Waals surface area contributed by atoms with Crippen molar-refractivity contribution in [3.8, 4) is 17.2 Å². The fourth-order valence-corrected chi connectivity index (χ4v) is 3.52. The lowest BCUT2D eigenvalue weighted by Crippen LogP contribution is -2.31. The van der Waals surface area contributed by atoms with Gasteiger partial charge in [-0.3, -0.25) is 14.5 Å². The van der Waals surface area contributed by atoms with E-state index in [0.717, 1.165) is 4.90 Å². The van der Waals surface area contributed by atoms with Crippen molar-refractivity contribution >= 4 is 23.1 Å². The van der Waals surface area contributed by atoms with E-state index in [2.05, 4.69) is 5.32 Å². The lowest BCUT2D eigenvalue weighted by atomic mass is 10.0. The van der Waals surface area contributed by atoms with Crippen LogP contribution in [0.15, 0.2) is 71.0 Å². The monoisotopic (exact) mass is 434 g/mol. The molecule has 1 aliphatic rings. The van der Waals surface area contributed by atoms with Crippen LogP contribution in [0.3, 0.4) is 0 Å². The van der Waals surface area contributed by atoms with Gasteiger partial charge < -0.3 is 23.9 Å². The Kier molecular flexibility index (Phi) is 5.85. The van der Waals surface area contributed by atoms with Crippen molar-refractivity contribution in [3.05, 3.63) is 77.9 Å². The molecule has 4 rings (SSSR count). The maximum absolute atomic E-state index is 13.4. The molecular formula is C24H22N2O6. The first-order chi connectivity index (χ1) is 15.5. The smallest absolute Gasteiger partial charge is 0.278 e. The number of rotatable bonds is 8. The minimum absolute atomic E-state index is 0.00985. The van der Waals surface area contributed by atoms with Gasteiger partial charge >= 0.3 is 0 Å². The highest BCUT2D eigenvalue weighted by Gasteiger charge is 2.40. The van der Waals surface area contributed by atoms with Gasteiger partial charge in [-0.2, -0.15) is 0 Å². The standard InChI is InChI=1S/C24H22N2O6/c1-29-17-11-15(12-18(13-17)30-2)25-22-21(19-8-4-5-9-20(19)31-3)23(27)26(24(22)28)14-16-7-6-10-32-16/h4-13,25H,14H2,1-3H3. The second-order valence-electron chi connectivity index (χ2n) is 6.95. The molecule has 0 saturated carbocycles. The van der Waals surface area contributed by atoms with Gasteiger partial charge in [-0.1, -0.05) is 18.2 Å². The number of methoxy groups -OCH3 is 3. The molecule has 2 aromatic carbocycles. The largest absolute Gasteiger partial charge is 0.497 e. The van der Waals surface area contributed by atoms with E-state index in [9.17, 15) is 9.59 Å². The zero-order valence-electron chi connectivity index (χ0n) is 17.9. The molecule has 0 radical (unpaired) electrons. The maximum atomic E-state index is 13.4. The van der Waals surface area contributed by atoms with E-state index in [1.165, 1.54) is 27.6 Å². The van der Waals surface area contributed by atoms with Crippen molar-refractivity contribution in [3.63, 3.8) is 0 Å². The van der Waals surface area contributed by atoms with Gasteiger partial charge in [-0.25, -0.2) is 0 Å². The Morgan fingerprint density at radius 1 is 0.875 bits per heavy atom. The van der Waals surface area contributed by atoms with Crippen molar-refractivity contribution in [1.29, 1.82) is 0 Å². The van der Waals surface area contributed by atoms with E-state index >= 15 is 0 Å². The van der Waals surface area contributed by atoms with Crippen molar-refractivity contribution in [2.75, 3.05) is 26.6 Å². The van der Waals surface area contributed by atoms with Crippen LogP contribution in [-0.4, -0.2) is 38.0 Å². The van der Waals surface area contributed by atoms with Crippen LogP contribution in [0.4, 0.5) is 5.69 Å². The van der Waals surface area contributed by atoms with Crippen LogP contribution in [0.5, 0.6) is 17.2 Å². The third kappa shape index (κ3) is 3.90. The van der Waals surface area contributed by atoms with Crippen molar-refractivity contribution in [1.82, 2.24) is 4.90 Å². The molecule has 2 heterocycles. The Hall–Kier alpha value is -4.20. The van der Waals surface area contributed by atoms with Gasteiger partial charge in [0.05, 0.1) is 39.7 Å². The van der Waals surface area contributed by atoms with Crippen LogP contribution in [0.2, 0.25) is 0 Å². The molecule has 3 aromatic rings. The summed E-state index contributed by atoms with van der Waals surface area (Å²) in [6, 6.07) is 15.6. The molecule has 1 N–H and O–H groups in total. The molecule has 0 saturated heterocycles. The van der Waals surface area contributed by atoms with Crippen LogP contribution in [0.25, 0.3) is 5.57 Å². The Labute approximate surface area is 185 Å². The number of carbonyl (C=O) groups excluding carboxylic acids is 2. The molecule has 0 aliphatic carbocycles. The third-order valence-electron chi connectivity index (χ3n) is 5.06. The van der Waals surface area contributed by atoms with E-state index in [0.29, 0.717) is 34.3 Å². The summed E-state index contributed by atoms with van der Waals surface area (Å²) >= 11 is 0. The summed E-state index contributed by atoms with van der Waals surface area (Å²) < 4.78 is 21.4. The summed E-state index contributed by atoms with van der Waals surface area (Å²) in [7, 11) is 4.59. The minimum Gasteiger partial charge on any atom is -0.497 e. The highest BCUT2D eigenvalue weighted by atomic mass is 16.5. The summed E-state index contributed by atoms with van der Waals surface area (Å²) in [5.74, 6) is 1.12. The number of imide groups is 1. The van der Waals surface area contributed by atoms with E-state index < -0.39 is 11.8 Å². The van der Waals surface area contributed by atoms with Crippen LogP contribution in [-0.2, 0) is 16.1 Å². The predicted octanol–water partition coefficient (Wildman–Crippen LogP) is 3.70. The SMILES string of the molecule is COc1cc(NC2=C(c3ccccc3OC)C(=O)N(Cc3ccco3)C2=O)cc(OC)c1. The fraction of sp³-hybridized carbons (Fsp3) is 0.167. The number of hydrogen-bond acceptors (Lipinski definition) is 7.